The first-order valence-corrected chi connectivity index (χ1v) is 12.6. The molecular weight excluding hydrogens is 482 g/mol. The third kappa shape index (κ3) is 5.96. The molecule has 1 aromatic heterocycles. The lowest BCUT2D eigenvalue weighted by molar-refractivity contribution is 0.0934. The predicted octanol–water partition coefficient (Wildman–Crippen LogP) is 7.50. The fourth-order valence-electron chi connectivity index (χ4n) is 4.29. The molecule has 37 heavy (non-hydrogen) atoms. The second-order valence-corrected chi connectivity index (χ2v) is 8.88. The van der Waals surface area contributed by atoms with Crippen molar-refractivity contribution < 1.29 is 9.59 Å². The Morgan fingerprint density at radius 3 is 2.57 bits per heavy atom. The van der Waals surface area contributed by atoms with Crippen molar-refractivity contribution in [1.82, 2.24) is 15.3 Å². The van der Waals surface area contributed by atoms with Gasteiger partial charge >= 0.3 is 0 Å². The predicted molar refractivity (Wildman–Crippen MR) is 151 cm³/mol. The van der Waals surface area contributed by atoms with E-state index in [9.17, 15) is 9.59 Å². The van der Waals surface area contributed by atoms with Gasteiger partial charge in [-0.15, -0.1) is 0 Å². The number of aldehydes is 1. The van der Waals surface area contributed by atoms with Crippen molar-refractivity contribution in [3.63, 3.8) is 0 Å². The number of nitrogens with zero attached hydrogens (tertiary/aromatic N) is 1. The minimum atomic E-state index is -0.235. The van der Waals surface area contributed by atoms with Crippen molar-refractivity contribution in [1.29, 1.82) is 0 Å². The number of H-pyrrole nitrogens is 1. The Kier molecular flexibility index (Phi) is 8.49. The van der Waals surface area contributed by atoms with Gasteiger partial charge in [-0.25, -0.2) is 4.98 Å². The van der Waals surface area contributed by atoms with Crippen LogP contribution in [0, 0.1) is 0 Å². The molecule has 0 unspecified atom stereocenters. The van der Waals surface area contributed by atoms with Gasteiger partial charge in [0.25, 0.3) is 5.91 Å². The molecule has 0 fully saturated rings. The molecule has 0 saturated heterocycles. The largest absolute Gasteiger partial charge is 0.345 e. The van der Waals surface area contributed by atoms with E-state index >= 15 is 0 Å². The number of fused-ring (bicyclic) bond motifs is 1. The number of hydrogen-bond donors (Lipinski definition) is 2. The zero-order valence-corrected chi connectivity index (χ0v) is 21.3. The van der Waals surface area contributed by atoms with Crippen molar-refractivity contribution in [2.45, 2.75) is 25.8 Å². The van der Waals surface area contributed by atoms with E-state index in [0.29, 0.717) is 33.7 Å². The lowest BCUT2D eigenvalue weighted by Gasteiger charge is -2.19. The summed E-state index contributed by atoms with van der Waals surface area (Å²) < 4.78 is 0. The standard InChI is InChI=1S/C31H28ClN3O2/c1-3-10-27(22-11-5-4-6-12-22)35-31(37)23-16-17-25(24(19-23)20-36)21(2)26(13-9-18-32)30-33-28-14-7-8-15-29(28)34-30/h4-9,11-20,27H,2-3,10H2,1H3,(H,33,34)(H,35,37)/b18-9-,26-13+/t27-/m1/s1. The van der Waals surface area contributed by atoms with E-state index in [0.717, 1.165) is 35.7 Å². The van der Waals surface area contributed by atoms with Crippen LogP contribution in [-0.2, 0) is 0 Å². The molecule has 3 aromatic carbocycles. The number of para-hydroxylation sites is 2. The zero-order valence-electron chi connectivity index (χ0n) is 20.6. The Morgan fingerprint density at radius 2 is 1.86 bits per heavy atom. The van der Waals surface area contributed by atoms with Crippen LogP contribution >= 0.6 is 11.6 Å². The summed E-state index contributed by atoms with van der Waals surface area (Å²) in [6, 6.07) is 22.5. The number of nitrogens with one attached hydrogen (secondary N) is 2. The Morgan fingerprint density at radius 1 is 1.11 bits per heavy atom. The Hall–Kier alpha value is -4.22. The summed E-state index contributed by atoms with van der Waals surface area (Å²) in [5, 5.41) is 3.11. The fraction of sp³-hybridized carbons (Fsp3) is 0.129. The van der Waals surface area contributed by atoms with E-state index in [2.05, 4.69) is 28.8 Å². The van der Waals surface area contributed by atoms with Crippen LogP contribution in [0.1, 0.15) is 63.5 Å². The number of aromatic amines is 1. The number of rotatable bonds is 10. The van der Waals surface area contributed by atoms with Gasteiger partial charge < -0.3 is 10.3 Å². The number of halogens is 1. The van der Waals surface area contributed by atoms with E-state index in [1.807, 2.05) is 54.6 Å². The number of amides is 1. The summed E-state index contributed by atoms with van der Waals surface area (Å²) in [5.41, 5.74) is 6.77. The Bertz CT molecular complexity index is 1450. The summed E-state index contributed by atoms with van der Waals surface area (Å²) in [5.74, 6) is 0.366. The lowest BCUT2D eigenvalue weighted by Crippen LogP contribution is -2.28. The van der Waals surface area contributed by atoms with Gasteiger partial charge in [-0.05, 0) is 53.5 Å². The lowest BCUT2D eigenvalue weighted by atomic mass is 9.93. The highest BCUT2D eigenvalue weighted by molar-refractivity contribution is 6.25. The molecule has 4 aromatic rings. The minimum absolute atomic E-state index is 0.113. The number of carbonyl (C=O) groups is 2. The van der Waals surface area contributed by atoms with Crippen LogP contribution in [0.5, 0.6) is 0 Å². The molecule has 0 spiro atoms. The molecule has 1 amide bonds. The molecule has 0 aliphatic carbocycles. The molecule has 1 atom stereocenters. The summed E-state index contributed by atoms with van der Waals surface area (Å²) in [7, 11) is 0. The molecule has 1 heterocycles. The van der Waals surface area contributed by atoms with Gasteiger partial charge in [0, 0.05) is 22.2 Å². The maximum Gasteiger partial charge on any atom is 0.251 e. The van der Waals surface area contributed by atoms with Crippen LogP contribution in [-0.4, -0.2) is 22.2 Å². The quantitative estimate of drug-likeness (QED) is 0.172. The second-order valence-electron chi connectivity index (χ2n) is 8.63. The van der Waals surface area contributed by atoms with E-state index in [-0.39, 0.29) is 11.9 Å². The van der Waals surface area contributed by atoms with Crippen molar-refractivity contribution in [2.75, 3.05) is 0 Å². The van der Waals surface area contributed by atoms with Crippen LogP contribution in [0.15, 0.2) is 97.1 Å². The average molecular weight is 510 g/mol. The van der Waals surface area contributed by atoms with Gasteiger partial charge in [-0.3, -0.25) is 9.59 Å². The number of allylic oxidation sites excluding steroid dienone is 4. The number of imidazole rings is 1. The highest BCUT2D eigenvalue weighted by Gasteiger charge is 2.19. The monoisotopic (exact) mass is 509 g/mol. The third-order valence-electron chi connectivity index (χ3n) is 6.16. The number of aromatic nitrogens is 2. The van der Waals surface area contributed by atoms with Crippen molar-refractivity contribution in [2.24, 2.45) is 0 Å². The fourth-order valence-corrected chi connectivity index (χ4v) is 4.37. The van der Waals surface area contributed by atoms with Gasteiger partial charge in [0.2, 0.25) is 0 Å². The SMILES string of the molecule is C=C(/C(=C\C=C/Cl)c1nc2ccccc2[nH]1)c1ccc(C(=O)N[C@H](CCC)c2ccccc2)cc1C=O. The second kappa shape index (κ2) is 12.2. The highest BCUT2D eigenvalue weighted by atomic mass is 35.5. The zero-order chi connectivity index (χ0) is 26.2. The highest BCUT2D eigenvalue weighted by Crippen LogP contribution is 2.32. The number of benzene rings is 3. The summed E-state index contributed by atoms with van der Waals surface area (Å²) in [6.45, 7) is 6.34. The molecule has 0 saturated carbocycles. The Balaban J connectivity index is 1.64. The van der Waals surface area contributed by atoms with Gasteiger partial charge in [-0.1, -0.05) is 86.1 Å². The van der Waals surface area contributed by atoms with Crippen LogP contribution in [0.4, 0.5) is 0 Å². The van der Waals surface area contributed by atoms with Crippen molar-refractivity contribution in [3.8, 4) is 0 Å². The first-order valence-electron chi connectivity index (χ1n) is 12.1. The van der Waals surface area contributed by atoms with Crippen molar-refractivity contribution in [3.05, 3.63) is 125 Å². The third-order valence-corrected chi connectivity index (χ3v) is 6.30. The maximum atomic E-state index is 13.1. The molecule has 2 N–H and O–H groups in total. The normalized spacial score (nSPS) is 12.5. The first kappa shape index (κ1) is 25.9. The van der Waals surface area contributed by atoms with Gasteiger partial charge in [0.05, 0.1) is 17.1 Å². The summed E-state index contributed by atoms with van der Waals surface area (Å²) >= 11 is 5.80. The molecule has 5 nitrogen and oxygen atoms in total. The molecule has 186 valence electrons. The Labute approximate surface area is 221 Å². The molecule has 0 bridgehead atoms. The molecular formula is C31H28ClN3O2. The molecule has 0 aliphatic heterocycles. The van der Waals surface area contributed by atoms with Gasteiger partial charge in [0.1, 0.15) is 5.82 Å². The van der Waals surface area contributed by atoms with Crippen LogP contribution < -0.4 is 5.32 Å². The van der Waals surface area contributed by atoms with Crippen LogP contribution in [0.25, 0.3) is 22.2 Å². The summed E-state index contributed by atoms with van der Waals surface area (Å²) in [6.07, 6.45) is 5.94. The maximum absolute atomic E-state index is 13.1. The van der Waals surface area contributed by atoms with E-state index in [4.69, 9.17) is 11.6 Å². The molecule has 0 aliphatic rings. The first-order chi connectivity index (χ1) is 18.0. The minimum Gasteiger partial charge on any atom is -0.345 e. The van der Waals surface area contributed by atoms with Crippen LogP contribution in [0.2, 0.25) is 0 Å². The van der Waals surface area contributed by atoms with Crippen LogP contribution in [0.3, 0.4) is 0 Å². The van der Waals surface area contributed by atoms with Gasteiger partial charge in [0.15, 0.2) is 6.29 Å². The average Bonchev–Trinajstić information content (AvgIpc) is 3.37. The summed E-state index contributed by atoms with van der Waals surface area (Å²) in [4.78, 5) is 33.2. The smallest absolute Gasteiger partial charge is 0.251 e. The van der Waals surface area contributed by atoms with E-state index in [1.54, 1.807) is 30.4 Å². The number of hydrogen-bond acceptors (Lipinski definition) is 3. The van der Waals surface area contributed by atoms with E-state index < -0.39 is 0 Å². The molecule has 4 rings (SSSR count). The molecule has 6 heteroatoms. The van der Waals surface area contributed by atoms with Crippen molar-refractivity contribution >= 4 is 46.0 Å². The topological polar surface area (TPSA) is 74.8 Å². The molecule has 0 radical (unpaired) electrons. The number of carbonyl (C=O) groups excluding carboxylic acids is 2. The van der Waals surface area contributed by atoms with Gasteiger partial charge in [-0.2, -0.15) is 0 Å². The van der Waals surface area contributed by atoms with E-state index in [1.165, 1.54) is 5.54 Å².